The van der Waals surface area contributed by atoms with Gasteiger partial charge in [0.1, 0.15) is 0 Å². The Balaban J connectivity index is 0.00000260. The summed E-state index contributed by atoms with van der Waals surface area (Å²) >= 11 is -3.65. The minimum atomic E-state index is -4.61. The smallest absolute Gasteiger partial charge is 1.00 e. The summed E-state index contributed by atoms with van der Waals surface area (Å²) in [6.45, 7) is 10.7. The van der Waals surface area contributed by atoms with E-state index in [9.17, 15) is 26.3 Å². The summed E-state index contributed by atoms with van der Waals surface area (Å²) in [6, 6.07) is 26.6. The molecule has 0 amide bonds. The third-order valence-electron chi connectivity index (χ3n) is 9.13. The van der Waals surface area contributed by atoms with Gasteiger partial charge in [0.15, 0.2) is 0 Å². The Hall–Kier alpha value is -2.73. The third kappa shape index (κ3) is 6.98. The Kier molecular flexibility index (Phi) is 11.0. The molecule has 0 spiro atoms. The number of alkyl halides is 6. The van der Waals surface area contributed by atoms with Gasteiger partial charge in [-0.1, -0.05) is 0 Å². The van der Waals surface area contributed by atoms with Gasteiger partial charge in [0.25, 0.3) is 0 Å². The second kappa shape index (κ2) is 13.9. The van der Waals surface area contributed by atoms with Crippen LogP contribution in [-0.2, 0) is 33.6 Å². The number of benzene rings is 4. The number of hydrogen-bond acceptors (Lipinski definition) is 0. The van der Waals surface area contributed by atoms with Crippen molar-refractivity contribution in [2.75, 3.05) is 0 Å². The van der Waals surface area contributed by atoms with Crippen LogP contribution in [0.15, 0.2) is 118 Å². The van der Waals surface area contributed by atoms with Gasteiger partial charge in [-0.15, -0.1) is 0 Å². The van der Waals surface area contributed by atoms with E-state index >= 15 is 0 Å². The van der Waals surface area contributed by atoms with E-state index in [1.54, 1.807) is 12.1 Å². The summed E-state index contributed by atoms with van der Waals surface area (Å²) in [7, 11) is 0. The van der Waals surface area contributed by atoms with Gasteiger partial charge in [-0.2, -0.15) is 0 Å². The average Bonchev–Trinajstić information content (AvgIpc) is 3.49. The molecule has 1 unspecified atom stereocenters. The Morgan fingerprint density at radius 3 is 1.46 bits per heavy atom. The van der Waals surface area contributed by atoms with Gasteiger partial charge in [0, 0.05) is 0 Å². The Morgan fingerprint density at radius 1 is 0.625 bits per heavy atom. The molecule has 0 nitrogen and oxygen atoms in total. The fraction of sp³-hybridized carbons (Fsp3) is 0.256. The molecule has 0 heterocycles. The zero-order chi connectivity index (χ0) is 33.2. The van der Waals surface area contributed by atoms with Crippen LogP contribution in [0, 0.1) is 11.3 Å². The largest absolute Gasteiger partial charge is 1.00 e. The molecule has 0 fully saturated rings. The number of rotatable bonds is 4. The fourth-order valence-corrected chi connectivity index (χ4v) is 17.2. The second-order valence-corrected chi connectivity index (χ2v) is 19.2. The number of halogens is 8. The normalized spacial score (nSPS) is 15.9. The first-order valence-corrected chi connectivity index (χ1v) is 19.2. The summed E-state index contributed by atoms with van der Waals surface area (Å²) in [4.78, 5) is 0. The summed E-state index contributed by atoms with van der Waals surface area (Å²) in [6.07, 6.45) is -6.96. The maximum Gasteiger partial charge on any atom is -1.00 e. The number of hydrogen-bond donors (Lipinski definition) is 0. The van der Waals surface area contributed by atoms with Crippen molar-refractivity contribution in [3.8, 4) is 11.1 Å². The van der Waals surface area contributed by atoms with Gasteiger partial charge in [0.05, 0.1) is 0 Å². The van der Waals surface area contributed by atoms with E-state index in [0.29, 0.717) is 14.3 Å². The maximum absolute atomic E-state index is 14.2. The average molecular weight is 779 g/mol. The van der Waals surface area contributed by atoms with Crippen LogP contribution >= 0.6 is 0 Å². The van der Waals surface area contributed by atoms with Crippen molar-refractivity contribution in [2.24, 2.45) is 11.3 Å². The molecule has 4 aromatic rings. The van der Waals surface area contributed by atoms with Crippen LogP contribution in [0.25, 0.3) is 11.1 Å². The van der Waals surface area contributed by atoms with E-state index in [4.69, 9.17) is 0 Å². The summed E-state index contributed by atoms with van der Waals surface area (Å²) in [5.41, 5.74) is 5.47. The van der Waals surface area contributed by atoms with Crippen LogP contribution in [0.5, 0.6) is 0 Å². The van der Waals surface area contributed by atoms with Crippen LogP contribution in [0.2, 0.25) is 0 Å². The van der Waals surface area contributed by atoms with Crippen molar-refractivity contribution < 1.29 is 72.4 Å². The van der Waals surface area contributed by atoms with Crippen LogP contribution in [0.3, 0.4) is 0 Å². The molecule has 0 aromatic heterocycles. The van der Waals surface area contributed by atoms with Gasteiger partial charge in [0.2, 0.25) is 0 Å². The van der Waals surface area contributed by atoms with Gasteiger partial charge < -0.3 is 24.8 Å². The van der Waals surface area contributed by atoms with Crippen molar-refractivity contribution in [1.29, 1.82) is 0 Å². The third-order valence-corrected chi connectivity index (χ3v) is 18.3. The van der Waals surface area contributed by atoms with E-state index in [1.165, 1.54) is 21.0 Å². The monoisotopic (exact) mass is 776 g/mol. The minimum absolute atomic E-state index is 0. The van der Waals surface area contributed by atoms with Crippen LogP contribution in [0.1, 0.15) is 71.6 Å². The van der Waals surface area contributed by atoms with Crippen molar-refractivity contribution in [1.82, 2.24) is 0 Å². The topological polar surface area (TPSA) is 0 Å². The molecule has 0 aliphatic heterocycles. The number of fused-ring (bicyclic) bond motifs is 3. The van der Waals surface area contributed by atoms with Gasteiger partial charge in [-0.05, 0) is 0 Å². The molecule has 1 atom stereocenters. The molecular formula is C39H34Cl2F6Zr. The number of allylic oxidation sites excluding steroid dienone is 4. The molecule has 48 heavy (non-hydrogen) atoms. The Labute approximate surface area is 298 Å². The van der Waals surface area contributed by atoms with Crippen molar-refractivity contribution in [2.45, 2.75) is 50.6 Å². The Morgan fingerprint density at radius 2 is 1.06 bits per heavy atom. The Bertz CT molecular complexity index is 1840. The molecule has 250 valence electrons. The predicted octanol–water partition coefficient (Wildman–Crippen LogP) is 5.59. The maximum atomic E-state index is 14.2. The zero-order valence-corrected chi connectivity index (χ0v) is 31.0. The SMILES string of the molecule is CC1=[C]([Zr+2](=[C](c2cccc(C(F)(F)F)c2)c2cccc(C(F)(F)F)c2)[CH]2c3ccccc3-c3ccccc32)C(C)C=C1C(C)(C)C.[Cl-].[Cl-]. The first kappa shape index (κ1) is 38.1. The summed E-state index contributed by atoms with van der Waals surface area (Å²) in [5, 5.41) is 0. The van der Waals surface area contributed by atoms with E-state index in [1.807, 2.05) is 24.3 Å². The molecule has 0 radical (unpaired) electrons. The fourth-order valence-electron chi connectivity index (χ4n) is 7.29. The standard InChI is InChI=1S/C15H8F6.C13H9.C11H17.2ClH.Zr/c16-14(17,18)12-5-1-3-10(8-12)7-11-4-2-6-13(9-11)15(19,20)21;1-3-7-12-10(5-1)9-11-6-2-4-8-13(11)12;1-8-6-9(2)10(7-8)11(3,4)5;;;/h1-6,8-9H;1-9H;7-8H,1-5H3;2*1H;/q;;;;;+2/p-2. The zero-order valence-electron chi connectivity index (χ0n) is 27.0. The molecule has 6 rings (SSSR count). The summed E-state index contributed by atoms with van der Waals surface area (Å²) < 4.78 is 86.9. The molecule has 9 heteroatoms. The quantitative estimate of drug-likeness (QED) is 0.238. The minimum Gasteiger partial charge on any atom is -1.00 e. The predicted molar refractivity (Wildman–Crippen MR) is 169 cm³/mol. The molecule has 0 saturated carbocycles. The molecule has 0 N–H and O–H groups in total. The van der Waals surface area contributed by atoms with Crippen molar-refractivity contribution >= 4 is 3.21 Å². The van der Waals surface area contributed by atoms with Gasteiger partial charge in [-0.25, -0.2) is 0 Å². The van der Waals surface area contributed by atoms with Crippen molar-refractivity contribution in [3.63, 3.8) is 0 Å². The van der Waals surface area contributed by atoms with E-state index in [-0.39, 0.29) is 39.8 Å². The van der Waals surface area contributed by atoms with E-state index < -0.39 is 44.7 Å². The molecule has 0 bridgehead atoms. The second-order valence-electron chi connectivity index (χ2n) is 13.2. The molecule has 2 aliphatic carbocycles. The molecule has 0 saturated heterocycles. The molecular weight excluding hydrogens is 745 g/mol. The molecule has 2 aliphatic rings. The van der Waals surface area contributed by atoms with E-state index in [2.05, 4.69) is 65.0 Å². The molecule has 4 aromatic carbocycles. The first-order valence-electron chi connectivity index (χ1n) is 15.3. The van der Waals surface area contributed by atoms with Crippen molar-refractivity contribution in [3.05, 3.63) is 151 Å². The van der Waals surface area contributed by atoms with Gasteiger partial charge in [-0.3, -0.25) is 0 Å². The van der Waals surface area contributed by atoms with Crippen LogP contribution in [-0.4, -0.2) is 3.21 Å². The summed E-state index contributed by atoms with van der Waals surface area (Å²) in [5.74, 6) is -0.0184. The first-order chi connectivity index (χ1) is 21.6. The van der Waals surface area contributed by atoms with Gasteiger partial charge >= 0.3 is 275 Å². The van der Waals surface area contributed by atoms with Crippen LogP contribution in [0.4, 0.5) is 26.3 Å². The van der Waals surface area contributed by atoms with E-state index in [0.717, 1.165) is 52.1 Å². The van der Waals surface area contributed by atoms with Crippen LogP contribution < -0.4 is 24.8 Å².